The van der Waals surface area contributed by atoms with Crippen molar-refractivity contribution in [1.29, 1.82) is 0 Å². The molecule has 0 atom stereocenters. The van der Waals surface area contributed by atoms with Gasteiger partial charge in [0.2, 0.25) is 5.91 Å². The van der Waals surface area contributed by atoms with Crippen LogP contribution in [-0.4, -0.2) is 48.6 Å². The van der Waals surface area contributed by atoms with E-state index < -0.39 is 17.8 Å². The molecule has 0 aliphatic carbocycles. The first-order valence-corrected chi connectivity index (χ1v) is 11.7. The van der Waals surface area contributed by atoms with Crippen molar-refractivity contribution >= 4 is 57.2 Å². The predicted octanol–water partition coefficient (Wildman–Crippen LogP) is 3.22. The summed E-state index contributed by atoms with van der Waals surface area (Å²) in [5.74, 6) is -1.70. The van der Waals surface area contributed by atoms with E-state index in [1.54, 1.807) is 30.0 Å². The third-order valence-corrected chi connectivity index (χ3v) is 6.15. The lowest BCUT2D eigenvalue weighted by molar-refractivity contribution is -0.123. The number of carbonyl (C=O) groups excluding carboxylic acids is 4. The van der Waals surface area contributed by atoms with Crippen LogP contribution in [0.4, 0.5) is 10.5 Å². The molecule has 1 fully saturated rings. The molecule has 0 bridgehead atoms. The molecule has 9 heteroatoms. The number of hydrogen-bond donors (Lipinski definition) is 2. The van der Waals surface area contributed by atoms with Gasteiger partial charge in [0, 0.05) is 36.3 Å². The Kier molecular flexibility index (Phi) is 6.53. The quantitative estimate of drug-likeness (QED) is 0.232. The van der Waals surface area contributed by atoms with E-state index in [0.29, 0.717) is 24.4 Å². The molecular weight excluding hydrogens is 472 g/mol. The van der Waals surface area contributed by atoms with Gasteiger partial charge in [0.15, 0.2) is 0 Å². The maximum Gasteiger partial charge on any atom is 0.335 e. The molecule has 0 unspecified atom stereocenters. The van der Waals surface area contributed by atoms with Gasteiger partial charge in [0.1, 0.15) is 12.1 Å². The molecular formula is C28H24N4O5. The minimum atomic E-state index is -0.808. The minimum absolute atomic E-state index is 0.0508. The summed E-state index contributed by atoms with van der Waals surface area (Å²) < 4.78 is 6.72. The van der Waals surface area contributed by atoms with Crippen LogP contribution in [0, 0.1) is 0 Å². The van der Waals surface area contributed by atoms with Gasteiger partial charge in [-0.2, -0.15) is 0 Å². The van der Waals surface area contributed by atoms with E-state index >= 15 is 0 Å². The van der Waals surface area contributed by atoms with Gasteiger partial charge in [-0.25, -0.2) is 9.69 Å². The highest BCUT2D eigenvalue weighted by Gasteiger charge is 2.37. The Morgan fingerprint density at radius 3 is 2.57 bits per heavy atom. The van der Waals surface area contributed by atoms with Crippen LogP contribution in [0.1, 0.15) is 5.56 Å². The standard InChI is InChI=1S/C28H24N4O5/c1-37-13-12-29-25(33)17-31-16-20(22-8-4-5-9-24(22)31)15-23-26(34)30-28(36)32(27(23)35)21-11-10-18-6-2-3-7-19(18)14-21/h2-11,14-16H,12-13,17H2,1H3,(H,29,33)(H,30,34,36). The molecule has 0 spiro atoms. The number of rotatable bonds is 7. The third kappa shape index (κ3) is 4.72. The lowest BCUT2D eigenvalue weighted by atomic mass is 10.0. The Morgan fingerprint density at radius 1 is 1.00 bits per heavy atom. The van der Waals surface area contributed by atoms with Crippen LogP contribution in [0.15, 0.2) is 78.5 Å². The van der Waals surface area contributed by atoms with Crippen LogP contribution in [0.5, 0.6) is 0 Å². The summed E-state index contributed by atoms with van der Waals surface area (Å²) in [6.45, 7) is 0.840. The number of benzene rings is 3. The zero-order chi connectivity index (χ0) is 25.9. The Morgan fingerprint density at radius 2 is 1.76 bits per heavy atom. The summed E-state index contributed by atoms with van der Waals surface area (Å²) in [6.07, 6.45) is 3.17. The number of fused-ring (bicyclic) bond motifs is 2. The normalized spacial score (nSPS) is 15.0. The zero-order valence-electron chi connectivity index (χ0n) is 20.1. The summed E-state index contributed by atoms with van der Waals surface area (Å²) in [5.41, 5.74) is 1.52. The van der Waals surface area contributed by atoms with E-state index in [-0.39, 0.29) is 18.0 Å². The smallest absolute Gasteiger partial charge is 0.335 e. The van der Waals surface area contributed by atoms with Crippen LogP contribution in [0.25, 0.3) is 27.8 Å². The summed E-state index contributed by atoms with van der Waals surface area (Å²) in [6, 6.07) is 19.4. The molecule has 9 nitrogen and oxygen atoms in total. The van der Waals surface area contributed by atoms with Crippen molar-refractivity contribution in [2.45, 2.75) is 6.54 Å². The number of ether oxygens (including phenoxy) is 1. The number of aromatic nitrogens is 1. The molecule has 1 saturated heterocycles. The average molecular weight is 497 g/mol. The highest BCUT2D eigenvalue weighted by Crippen LogP contribution is 2.28. The number of nitrogens with one attached hydrogen (secondary N) is 2. The van der Waals surface area contributed by atoms with Gasteiger partial charge in [-0.05, 0) is 35.0 Å². The number of imide groups is 2. The lowest BCUT2D eigenvalue weighted by Crippen LogP contribution is -2.54. The van der Waals surface area contributed by atoms with E-state index in [1.165, 1.54) is 6.08 Å². The minimum Gasteiger partial charge on any atom is -0.383 e. The molecule has 5 rings (SSSR count). The second kappa shape index (κ2) is 10.1. The Hall–Kier alpha value is -4.76. The van der Waals surface area contributed by atoms with Crippen molar-refractivity contribution in [3.8, 4) is 0 Å². The van der Waals surface area contributed by atoms with Gasteiger partial charge >= 0.3 is 6.03 Å². The third-order valence-electron chi connectivity index (χ3n) is 6.15. The van der Waals surface area contributed by atoms with Crippen LogP contribution in [0.2, 0.25) is 0 Å². The Labute approximate surface area is 212 Å². The maximum atomic E-state index is 13.4. The second-order valence-corrected chi connectivity index (χ2v) is 8.56. The first-order valence-electron chi connectivity index (χ1n) is 11.7. The molecule has 1 aromatic heterocycles. The number of methoxy groups -OCH3 is 1. The number of urea groups is 1. The van der Waals surface area contributed by atoms with Crippen molar-refractivity contribution in [3.63, 3.8) is 0 Å². The Balaban J connectivity index is 1.50. The molecule has 2 heterocycles. The molecule has 3 aromatic carbocycles. The highest BCUT2D eigenvalue weighted by molar-refractivity contribution is 6.39. The van der Waals surface area contributed by atoms with Gasteiger partial charge in [-0.3, -0.25) is 19.7 Å². The summed E-state index contributed by atoms with van der Waals surface area (Å²) in [4.78, 5) is 52.2. The topological polar surface area (TPSA) is 110 Å². The first kappa shape index (κ1) is 24.0. The van der Waals surface area contributed by atoms with Gasteiger partial charge in [0.25, 0.3) is 11.8 Å². The van der Waals surface area contributed by atoms with Crippen LogP contribution >= 0.6 is 0 Å². The molecule has 0 saturated carbocycles. The first-order chi connectivity index (χ1) is 18.0. The molecule has 186 valence electrons. The fraction of sp³-hybridized carbons (Fsp3) is 0.143. The number of barbiturate groups is 1. The number of nitrogens with zero attached hydrogens (tertiary/aromatic N) is 2. The summed E-state index contributed by atoms with van der Waals surface area (Å²) in [5, 5.41) is 7.62. The average Bonchev–Trinajstić information content (AvgIpc) is 3.23. The summed E-state index contributed by atoms with van der Waals surface area (Å²) in [7, 11) is 1.56. The molecule has 5 amide bonds. The SMILES string of the molecule is COCCNC(=O)Cn1cc(C=C2C(=O)NC(=O)N(c3ccc4ccccc4c3)C2=O)c2ccccc21. The second-order valence-electron chi connectivity index (χ2n) is 8.56. The van der Waals surface area contributed by atoms with Crippen molar-refractivity contribution in [3.05, 3.63) is 84.1 Å². The van der Waals surface area contributed by atoms with Crippen LogP contribution in [-0.2, 0) is 25.7 Å². The summed E-state index contributed by atoms with van der Waals surface area (Å²) >= 11 is 0. The fourth-order valence-corrected chi connectivity index (χ4v) is 4.39. The van der Waals surface area contributed by atoms with E-state index in [4.69, 9.17) is 4.74 Å². The van der Waals surface area contributed by atoms with E-state index in [2.05, 4.69) is 10.6 Å². The number of amides is 5. The number of para-hydroxylation sites is 1. The van der Waals surface area contributed by atoms with Crippen LogP contribution in [0.3, 0.4) is 0 Å². The van der Waals surface area contributed by atoms with Crippen molar-refractivity contribution < 1.29 is 23.9 Å². The molecule has 4 aromatic rings. The van der Waals surface area contributed by atoms with E-state index in [1.807, 2.05) is 54.6 Å². The van der Waals surface area contributed by atoms with Gasteiger partial charge < -0.3 is 14.6 Å². The molecule has 37 heavy (non-hydrogen) atoms. The van der Waals surface area contributed by atoms with Gasteiger partial charge in [-0.1, -0.05) is 48.5 Å². The van der Waals surface area contributed by atoms with Crippen LogP contribution < -0.4 is 15.5 Å². The van der Waals surface area contributed by atoms with E-state index in [0.717, 1.165) is 26.6 Å². The number of hydrogen-bond acceptors (Lipinski definition) is 5. The monoisotopic (exact) mass is 496 g/mol. The molecule has 2 N–H and O–H groups in total. The van der Waals surface area contributed by atoms with Gasteiger partial charge in [0.05, 0.1) is 12.3 Å². The number of anilines is 1. The number of carbonyl (C=O) groups is 4. The van der Waals surface area contributed by atoms with Gasteiger partial charge in [-0.15, -0.1) is 0 Å². The molecule has 0 radical (unpaired) electrons. The molecule has 1 aliphatic rings. The predicted molar refractivity (Wildman–Crippen MR) is 140 cm³/mol. The van der Waals surface area contributed by atoms with E-state index in [9.17, 15) is 19.2 Å². The largest absolute Gasteiger partial charge is 0.383 e. The Bertz CT molecular complexity index is 1590. The van der Waals surface area contributed by atoms with Crippen molar-refractivity contribution in [2.24, 2.45) is 0 Å². The van der Waals surface area contributed by atoms with Crippen molar-refractivity contribution in [1.82, 2.24) is 15.2 Å². The zero-order valence-corrected chi connectivity index (χ0v) is 20.1. The fourth-order valence-electron chi connectivity index (χ4n) is 4.39. The molecule has 1 aliphatic heterocycles. The lowest BCUT2D eigenvalue weighted by Gasteiger charge is -2.26. The highest BCUT2D eigenvalue weighted by atomic mass is 16.5. The van der Waals surface area contributed by atoms with Crippen molar-refractivity contribution in [2.75, 3.05) is 25.2 Å². The maximum absolute atomic E-state index is 13.4.